The highest BCUT2D eigenvalue weighted by atomic mass is 16.5. The first-order valence-electron chi connectivity index (χ1n) is 11.5. The number of rotatable bonds is 7. The number of aromatic amines is 1. The molecule has 3 aromatic rings. The van der Waals surface area contributed by atoms with Crippen molar-refractivity contribution in [2.75, 3.05) is 17.2 Å². The lowest BCUT2D eigenvalue weighted by atomic mass is 10.0. The van der Waals surface area contributed by atoms with Crippen molar-refractivity contribution in [3.63, 3.8) is 0 Å². The van der Waals surface area contributed by atoms with Crippen molar-refractivity contribution < 1.29 is 19.1 Å². The first-order valence-corrected chi connectivity index (χ1v) is 11.5. The van der Waals surface area contributed by atoms with E-state index < -0.39 is 0 Å². The van der Waals surface area contributed by atoms with Gasteiger partial charge in [-0.15, -0.1) is 0 Å². The Morgan fingerprint density at radius 2 is 2.03 bits per heavy atom. The Hall–Kier alpha value is -3.95. The second kappa shape index (κ2) is 9.50. The maximum Gasteiger partial charge on any atom is 0.272 e. The van der Waals surface area contributed by atoms with Crippen LogP contribution in [0.4, 0.5) is 11.4 Å². The van der Waals surface area contributed by atoms with Crippen molar-refractivity contribution >= 4 is 40.1 Å². The molecule has 1 saturated carbocycles. The highest BCUT2D eigenvalue weighted by molar-refractivity contribution is 6.07. The van der Waals surface area contributed by atoms with Gasteiger partial charge in [-0.05, 0) is 30.0 Å². The molecule has 0 bridgehead atoms. The molecule has 1 fully saturated rings. The highest BCUT2D eigenvalue weighted by Crippen LogP contribution is 2.30. The Morgan fingerprint density at radius 3 is 2.88 bits per heavy atom. The first-order chi connectivity index (χ1) is 16.6. The number of H-pyrrole nitrogens is 1. The molecule has 0 atom stereocenters. The molecule has 0 radical (unpaired) electrons. The fraction of sp³-hybridized carbons (Fsp3) is 0.375. The maximum atomic E-state index is 12.9. The van der Waals surface area contributed by atoms with Crippen LogP contribution in [0.2, 0.25) is 0 Å². The van der Waals surface area contributed by atoms with Crippen LogP contribution in [-0.2, 0) is 16.1 Å². The molecule has 10 heteroatoms. The summed E-state index contributed by atoms with van der Waals surface area (Å²) in [6.45, 7) is 0.227. The van der Waals surface area contributed by atoms with Gasteiger partial charge >= 0.3 is 0 Å². The van der Waals surface area contributed by atoms with E-state index in [1.807, 2.05) is 6.07 Å². The number of fused-ring (bicyclic) bond motifs is 2. The molecule has 1 aliphatic heterocycles. The van der Waals surface area contributed by atoms with E-state index in [1.54, 1.807) is 18.3 Å². The molecule has 3 amide bonds. The number of nitrogens with one attached hydrogen (secondary N) is 4. The second-order valence-corrected chi connectivity index (χ2v) is 8.74. The van der Waals surface area contributed by atoms with Gasteiger partial charge in [-0.1, -0.05) is 31.7 Å². The molecular formula is C24H26N6O4. The van der Waals surface area contributed by atoms with E-state index >= 15 is 0 Å². The zero-order chi connectivity index (χ0) is 23.5. The summed E-state index contributed by atoms with van der Waals surface area (Å²) < 4.78 is 5.35. The van der Waals surface area contributed by atoms with Crippen molar-refractivity contribution in [1.29, 1.82) is 0 Å². The number of nitrogens with zero attached hydrogens (tertiary/aromatic N) is 2. The number of hydrogen-bond donors (Lipinski definition) is 4. The van der Waals surface area contributed by atoms with E-state index in [9.17, 15) is 14.4 Å². The number of carbonyl (C=O) groups is 3. The average Bonchev–Trinajstić information content (AvgIpc) is 3.51. The standard InChI is InChI=1S/C24H26N6O4/c31-19(8-6-14-3-1-2-4-14)30-17-11-25-22-21(17)27-13-28-23(22)24(33)26-10-15-5-7-18-16(9-15)29-20(32)12-34-18/h5,7,9,11,13-14,25H,1-4,6,8,10,12H2,(H,26,33)(H,29,32)(H,30,31). The molecule has 2 aliphatic rings. The number of aromatic nitrogens is 3. The number of amides is 3. The van der Waals surface area contributed by atoms with Crippen LogP contribution in [0.1, 0.15) is 54.6 Å². The maximum absolute atomic E-state index is 12.9. The lowest BCUT2D eigenvalue weighted by Gasteiger charge is -2.18. The van der Waals surface area contributed by atoms with Crippen LogP contribution in [0.3, 0.4) is 0 Å². The molecule has 0 unspecified atom stereocenters. The molecule has 176 valence electrons. The minimum atomic E-state index is -0.383. The molecule has 5 rings (SSSR count). The molecule has 4 N–H and O–H groups in total. The minimum Gasteiger partial charge on any atom is -0.482 e. The van der Waals surface area contributed by atoms with E-state index in [1.165, 1.54) is 32.0 Å². The third kappa shape index (κ3) is 4.70. The van der Waals surface area contributed by atoms with Crippen molar-refractivity contribution in [3.05, 3.63) is 42.0 Å². The largest absolute Gasteiger partial charge is 0.482 e. The zero-order valence-corrected chi connectivity index (χ0v) is 18.6. The van der Waals surface area contributed by atoms with Crippen molar-refractivity contribution in [2.24, 2.45) is 5.92 Å². The number of ether oxygens (including phenoxy) is 1. The number of hydrogen-bond acceptors (Lipinski definition) is 6. The average molecular weight is 463 g/mol. The summed E-state index contributed by atoms with van der Waals surface area (Å²) >= 11 is 0. The summed E-state index contributed by atoms with van der Waals surface area (Å²) in [5.74, 6) is 0.583. The molecule has 0 saturated heterocycles. The molecule has 0 spiro atoms. The van der Waals surface area contributed by atoms with Crippen LogP contribution in [0, 0.1) is 5.92 Å². The Labute approximate surface area is 195 Å². The normalized spacial score (nSPS) is 15.5. The van der Waals surface area contributed by atoms with Gasteiger partial charge < -0.3 is 25.7 Å². The van der Waals surface area contributed by atoms with Crippen LogP contribution in [0.25, 0.3) is 11.0 Å². The quantitative estimate of drug-likeness (QED) is 0.426. The molecule has 10 nitrogen and oxygen atoms in total. The van der Waals surface area contributed by atoms with E-state index in [-0.39, 0.29) is 36.6 Å². The van der Waals surface area contributed by atoms with E-state index in [4.69, 9.17) is 4.74 Å². The summed E-state index contributed by atoms with van der Waals surface area (Å²) in [4.78, 5) is 48.2. The van der Waals surface area contributed by atoms with Gasteiger partial charge in [-0.3, -0.25) is 14.4 Å². The van der Waals surface area contributed by atoms with Crippen LogP contribution >= 0.6 is 0 Å². The third-order valence-electron chi connectivity index (χ3n) is 6.34. The minimum absolute atomic E-state index is 0.00803. The summed E-state index contributed by atoms with van der Waals surface area (Å²) in [5.41, 5.74) is 3.04. The Bertz CT molecular complexity index is 1250. The van der Waals surface area contributed by atoms with E-state index in [0.29, 0.717) is 40.5 Å². The van der Waals surface area contributed by atoms with Crippen molar-refractivity contribution in [2.45, 2.75) is 45.1 Å². The molecule has 1 aliphatic carbocycles. The lowest BCUT2D eigenvalue weighted by molar-refractivity contribution is -0.118. The van der Waals surface area contributed by atoms with Gasteiger partial charge in [0.25, 0.3) is 11.8 Å². The Morgan fingerprint density at radius 1 is 1.18 bits per heavy atom. The fourth-order valence-corrected chi connectivity index (χ4v) is 4.56. The van der Waals surface area contributed by atoms with Crippen LogP contribution in [0.5, 0.6) is 5.75 Å². The summed E-state index contributed by atoms with van der Waals surface area (Å²) in [6, 6.07) is 5.34. The predicted octanol–water partition coefficient (Wildman–Crippen LogP) is 3.13. The van der Waals surface area contributed by atoms with E-state index in [0.717, 1.165) is 12.0 Å². The van der Waals surface area contributed by atoms with Crippen LogP contribution in [-0.4, -0.2) is 39.3 Å². The first kappa shape index (κ1) is 21.9. The van der Waals surface area contributed by atoms with Gasteiger partial charge in [0.1, 0.15) is 17.6 Å². The van der Waals surface area contributed by atoms with Gasteiger partial charge in [0.05, 0.1) is 16.9 Å². The summed E-state index contributed by atoms with van der Waals surface area (Å²) in [7, 11) is 0. The van der Waals surface area contributed by atoms with Crippen LogP contribution < -0.4 is 20.7 Å². The number of carbonyl (C=O) groups excluding carboxylic acids is 3. The zero-order valence-electron chi connectivity index (χ0n) is 18.6. The highest BCUT2D eigenvalue weighted by Gasteiger charge is 2.20. The van der Waals surface area contributed by atoms with Gasteiger partial charge in [0.15, 0.2) is 12.3 Å². The van der Waals surface area contributed by atoms with Gasteiger partial charge in [0.2, 0.25) is 5.91 Å². The SMILES string of the molecule is O=C1COc2ccc(CNC(=O)c3ncnc4c(NC(=O)CCC5CCCC5)c[nH]c34)cc2N1. The monoisotopic (exact) mass is 462 g/mol. The van der Waals surface area contributed by atoms with Crippen LogP contribution in [0.15, 0.2) is 30.7 Å². The lowest BCUT2D eigenvalue weighted by Crippen LogP contribution is -2.26. The Balaban J connectivity index is 1.23. The fourth-order valence-electron chi connectivity index (χ4n) is 4.56. The molecular weight excluding hydrogens is 436 g/mol. The topological polar surface area (TPSA) is 138 Å². The van der Waals surface area contributed by atoms with E-state index in [2.05, 4.69) is 30.9 Å². The van der Waals surface area contributed by atoms with Crippen molar-refractivity contribution in [3.8, 4) is 5.75 Å². The van der Waals surface area contributed by atoms with Gasteiger partial charge in [0, 0.05) is 19.2 Å². The third-order valence-corrected chi connectivity index (χ3v) is 6.34. The second-order valence-electron chi connectivity index (χ2n) is 8.74. The number of anilines is 2. The van der Waals surface area contributed by atoms with Gasteiger partial charge in [-0.2, -0.15) is 0 Å². The van der Waals surface area contributed by atoms with Crippen molar-refractivity contribution in [1.82, 2.24) is 20.3 Å². The summed E-state index contributed by atoms with van der Waals surface area (Å²) in [5, 5.41) is 8.49. The molecule has 34 heavy (non-hydrogen) atoms. The molecule has 2 aromatic heterocycles. The van der Waals surface area contributed by atoms with Gasteiger partial charge in [-0.25, -0.2) is 9.97 Å². The smallest absolute Gasteiger partial charge is 0.272 e. The number of benzene rings is 1. The molecule has 3 heterocycles. The Kier molecular flexibility index (Phi) is 6.11. The molecule has 1 aromatic carbocycles. The predicted molar refractivity (Wildman–Crippen MR) is 125 cm³/mol. The summed E-state index contributed by atoms with van der Waals surface area (Å²) in [6.07, 6.45) is 9.25.